The lowest BCUT2D eigenvalue weighted by molar-refractivity contribution is 0.590. The molecule has 410 valence electrons. The maximum atomic E-state index is 6.38. The van der Waals surface area contributed by atoms with Crippen LogP contribution in [-0.2, 0) is 5.41 Å². The second kappa shape index (κ2) is 21.7. The highest BCUT2D eigenvalue weighted by Gasteiger charge is 2.29. The third-order valence-electron chi connectivity index (χ3n) is 16.9. The van der Waals surface area contributed by atoms with Crippen LogP contribution < -0.4 is 9.80 Å². The fourth-order valence-corrected chi connectivity index (χ4v) is 12.8. The van der Waals surface area contributed by atoms with E-state index in [1.54, 1.807) is 0 Å². The fourth-order valence-electron chi connectivity index (χ4n) is 12.8. The summed E-state index contributed by atoms with van der Waals surface area (Å²) in [7, 11) is 0. The molecule has 0 bridgehead atoms. The maximum Gasteiger partial charge on any atom is 0.135 e. The average molecular weight is 1100 g/mol. The quantitative estimate of drug-likeness (QED) is 0.122. The minimum atomic E-state index is -0.306. The number of rotatable bonds is 12. The van der Waals surface area contributed by atoms with Crippen molar-refractivity contribution >= 4 is 77.9 Å². The molecule has 0 aliphatic rings. The molecule has 4 nitrogen and oxygen atoms in total. The van der Waals surface area contributed by atoms with E-state index in [2.05, 4.69) is 338 Å². The molecular weight excluding hydrogens is 1040 g/mol. The molecule has 0 aliphatic carbocycles. The number of benzene rings is 13. The number of aromatic nitrogens is 1. The minimum absolute atomic E-state index is 0.306. The number of nitrogens with zero attached hydrogens (tertiary/aromatic N) is 3. The van der Waals surface area contributed by atoms with Gasteiger partial charge in [-0.2, -0.15) is 0 Å². The molecule has 2 aromatic heterocycles. The summed E-state index contributed by atoms with van der Waals surface area (Å²) in [6.45, 7) is 7.01. The lowest BCUT2D eigenvalue weighted by atomic mass is 9.85. The molecule has 86 heavy (non-hydrogen) atoms. The summed E-state index contributed by atoms with van der Waals surface area (Å²) in [6.07, 6.45) is 0. The van der Waals surface area contributed by atoms with Gasteiger partial charge in [-0.3, -0.25) is 0 Å². The number of furan rings is 1. The summed E-state index contributed by atoms with van der Waals surface area (Å²) in [5, 5.41) is 4.64. The topological polar surface area (TPSA) is 24.6 Å². The van der Waals surface area contributed by atoms with E-state index in [0.717, 1.165) is 128 Å². The number of hydrogen-bond donors (Lipinski definition) is 0. The first-order valence-electron chi connectivity index (χ1n) is 29.6. The van der Waals surface area contributed by atoms with Gasteiger partial charge in [0, 0.05) is 72.2 Å². The number of para-hydroxylation sites is 5. The van der Waals surface area contributed by atoms with Gasteiger partial charge in [-0.25, -0.2) is 0 Å². The molecule has 0 saturated heterocycles. The van der Waals surface area contributed by atoms with Gasteiger partial charge in [-0.05, 0) is 123 Å². The van der Waals surface area contributed by atoms with Gasteiger partial charge in [0.25, 0.3) is 0 Å². The lowest BCUT2D eigenvalue weighted by Crippen LogP contribution is -2.19. The van der Waals surface area contributed by atoms with Crippen molar-refractivity contribution in [2.45, 2.75) is 26.2 Å². The summed E-state index contributed by atoms with van der Waals surface area (Å²) in [4.78, 5) is 5.08. The van der Waals surface area contributed by atoms with Crippen molar-refractivity contribution < 1.29 is 4.42 Å². The van der Waals surface area contributed by atoms with Crippen LogP contribution >= 0.6 is 0 Å². The molecule has 0 N–H and O–H groups in total. The molecular formula is C82H61N3O. The normalized spacial score (nSPS) is 11.7. The van der Waals surface area contributed by atoms with E-state index in [1.807, 2.05) is 12.1 Å². The van der Waals surface area contributed by atoms with Crippen LogP contribution in [0.15, 0.2) is 320 Å². The van der Waals surface area contributed by atoms with Gasteiger partial charge in [-0.1, -0.05) is 257 Å². The smallest absolute Gasteiger partial charge is 0.135 e. The van der Waals surface area contributed by atoms with E-state index in [-0.39, 0.29) is 5.41 Å². The van der Waals surface area contributed by atoms with Crippen LogP contribution in [0.1, 0.15) is 26.3 Å². The summed E-state index contributed by atoms with van der Waals surface area (Å²) in [5.74, 6) is 0. The first-order valence-corrected chi connectivity index (χ1v) is 29.6. The van der Waals surface area contributed by atoms with Gasteiger partial charge < -0.3 is 18.8 Å². The maximum absolute atomic E-state index is 6.38. The zero-order chi connectivity index (χ0) is 57.7. The van der Waals surface area contributed by atoms with E-state index in [4.69, 9.17) is 4.42 Å². The number of fused-ring (bicyclic) bond motifs is 6. The Morgan fingerprint density at radius 1 is 0.279 bits per heavy atom. The SMILES string of the molecule is CC(C)(C)c1cc(N(c2cccc(-c3ccc4oc5ccccc5c4c3)c2)c2c(-c3ccccc3)cccc2-c2ccccc2)cc(N(c2cccc(-n3c4ccccc4c4ccccc43)c2)c2c(-c3ccccc3)cccc2-c2ccccc2)c1. The van der Waals surface area contributed by atoms with Crippen molar-refractivity contribution in [1.82, 2.24) is 4.57 Å². The predicted octanol–water partition coefficient (Wildman–Crippen LogP) is 23.3. The predicted molar refractivity (Wildman–Crippen MR) is 363 cm³/mol. The zero-order valence-corrected chi connectivity index (χ0v) is 48.3. The molecule has 0 saturated carbocycles. The van der Waals surface area contributed by atoms with E-state index >= 15 is 0 Å². The molecule has 0 radical (unpaired) electrons. The second-order valence-electron chi connectivity index (χ2n) is 23.3. The number of hydrogen-bond acceptors (Lipinski definition) is 3. The van der Waals surface area contributed by atoms with E-state index in [1.165, 1.54) is 16.3 Å². The first-order chi connectivity index (χ1) is 42.3. The van der Waals surface area contributed by atoms with Crippen molar-refractivity contribution in [2.75, 3.05) is 9.80 Å². The van der Waals surface area contributed by atoms with Crippen LogP contribution in [-0.4, -0.2) is 4.57 Å². The molecule has 15 rings (SSSR count). The monoisotopic (exact) mass is 1100 g/mol. The Hall–Kier alpha value is -10.9. The van der Waals surface area contributed by atoms with Crippen molar-refractivity contribution in [2.24, 2.45) is 0 Å². The van der Waals surface area contributed by atoms with Gasteiger partial charge in [0.15, 0.2) is 0 Å². The van der Waals surface area contributed by atoms with Gasteiger partial charge in [0.1, 0.15) is 11.2 Å². The fraction of sp³-hybridized carbons (Fsp3) is 0.0488. The third-order valence-corrected chi connectivity index (χ3v) is 16.9. The molecule has 15 aromatic rings. The Balaban J connectivity index is 1.04. The van der Waals surface area contributed by atoms with Crippen LogP contribution in [0.5, 0.6) is 0 Å². The molecule has 4 heteroatoms. The van der Waals surface area contributed by atoms with Gasteiger partial charge in [0.2, 0.25) is 0 Å². The summed E-state index contributed by atoms with van der Waals surface area (Å²) < 4.78 is 8.80. The molecule has 0 atom stereocenters. The molecule has 0 aliphatic heterocycles. The lowest BCUT2D eigenvalue weighted by Gasteiger charge is -2.35. The summed E-state index contributed by atoms with van der Waals surface area (Å²) in [5.41, 5.74) is 23.4. The third kappa shape index (κ3) is 9.38. The van der Waals surface area contributed by atoms with Crippen molar-refractivity contribution in [3.05, 3.63) is 321 Å². The Morgan fingerprint density at radius 3 is 1.17 bits per heavy atom. The summed E-state index contributed by atoms with van der Waals surface area (Å²) >= 11 is 0. The van der Waals surface area contributed by atoms with Crippen LogP contribution in [0.3, 0.4) is 0 Å². The van der Waals surface area contributed by atoms with Crippen molar-refractivity contribution in [3.63, 3.8) is 0 Å². The van der Waals surface area contributed by atoms with Crippen LogP contribution in [0.4, 0.5) is 34.1 Å². The molecule has 0 spiro atoms. The van der Waals surface area contributed by atoms with Crippen molar-refractivity contribution in [1.29, 1.82) is 0 Å². The van der Waals surface area contributed by atoms with E-state index < -0.39 is 0 Å². The highest BCUT2D eigenvalue weighted by Crippen LogP contribution is 2.53. The Bertz CT molecular complexity index is 4810. The van der Waals surface area contributed by atoms with Crippen LogP contribution in [0.2, 0.25) is 0 Å². The van der Waals surface area contributed by atoms with Crippen molar-refractivity contribution in [3.8, 4) is 61.3 Å². The van der Waals surface area contributed by atoms with E-state index in [0.29, 0.717) is 0 Å². The van der Waals surface area contributed by atoms with Crippen LogP contribution in [0.25, 0.3) is 105 Å². The van der Waals surface area contributed by atoms with Gasteiger partial charge in [-0.15, -0.1) is 0 Å². The highest BCUT2D eigenvalue weighted by atomic mass is 16.3. The standard InChI is InChI=1S/C82H61N3O/c1-82(2,3)62-52-66(83(80-68(56-26-8-4-9-27-56)41-24-42-69(80)57-28-10-5-11-29-57)63-35-22-34-60(50-63)61-48-49-79-75(51-61)74-40-18-21-47-78(74)86-79)55-67(53-62)84(81-70(58-30-12-6-13-31-58)43-25-44-71(81)59-32-14-7-15-33-59)64-36-23-37-65(54-64)85-76-45-19-16-38-72(76)73-39-17-20-46-77(73)85/h4-55H,1-3H3. The highest BCUT2D eigenvalue weighted by molar-refractivity contribution is 6.10. The molecule has 0 fully saturated rings. The number of anilines is 6. The Labute approximate surface area is 502 Å². The minimum Gasteiger partial charge on any atom is -0.456 e. The molecule has 2 heterocycles. The second-order valence-corrected chi connectivity index (χ2v) is 23.3. The molecule has 0 amide bonds. The molecule has 13 aromatic carbocycles. The van der Waals surface area contributed by atoms with Gasteiger partial charge >= 0.3 is 0 Å². The summed E-state index contributed by atoms with van der Waals surface area (Å²) in [6, 6.07) is 115. The largest absolute Gasteiger partial charge is 0.456 e. The Morgan fingerprint density at radius 2 is 0.674 bits per heavy atom. The van der Waals surface area contributed by atoms with E-state index in [9.17, 15) is 0 Å². The Kier molecular flexibility index (Phi) is 13.1. The first kappa shape index (κ1) is 51.9. The van der Waals surface area contributed by atoms with Gasteiger partial charge in [0.05, 0.1) is 22.4 Å². The van der Waals surface area contributed by atoms with Crippen LogP contribution in [0, 0.1) is 0 Å². The average Bonchev–Trinajstić information content (AvgIpc) is 1.78. The molecule has 0 unspecified atom stereocenters. The zero-order valence-electron chi connectivity index (χ0n) is 48.3.